The maximum atomic E-state index is 6.16. The number of hydrogen-bond acceptors (Lipinski definition) is 3. The molecule has 0 aromatic carbocycles. The van der Waals surface area contributed by atoms with Gasteiger partial charge < -0.3 is 5.01 Å². The smallest absolute Gasteiger partial charge is 0.102 e. The fourth-order valence-electron chi connectivity index (χ4n) is 2.21. The van der Waals surface area contributed by atoms with Crippen LogP contribution in [0.4, 0.5) is 0 Å². The van der Waals surface area contributed by atoms with Gasteiger partial charge in [-0.2, -0.15) is 5.10 Å². The summed E-state index contributed by atoms with van der Waals surface area (Å²) in [5.41, 5.74) is 0. The van der Waals surface area contributed by atoms with Crippen LogP contribution < -0.4 is 0 Å². The average Bonchev–Trinajstić information content (AvgIpc) is 2.40. The molecule has 0 aliphatic carbocycles. The molecule has 0 N–H and O–H groups in total. The van der Waals surface area contributed by atoms with E-state index in [0.29, 0.717) is 0 Å². The van der Waals surface area contributed by atoms with Gasteiger partial charge in [0.15, 0.2) is 0 Å². The topological polar surface area (TPSA) is 22.1 Å². The minimum absolute atomic E-state index is 0.986. The standard InChI is InChI=1S/C14H31N4PS/c1-8-17(9-2)19(20,18(10-3)11-4)14(5)12-13-15-16(6)7/h12-13H,8-11H2,1-7H3/b14-12+,15-13+. The SMILES string of the molecule is CCN(CC)P(=S)(/C(C)=C/C=N/N(C)C)N(CC)CC. The average molecular weight is 318 g/mol. The van der Waals surface area contributed by atoms with Crippen LogP contribution in [-0.2, 0) is 11.8 Å². The first kappa shape index (κ1) is 19.8. The zero-order chi connectivity index (χ0) is 15.8. The molecule has 6 heteroatoms. The van der Waals surface area contributed by atoms with Gasteiger partial charge >= 0.3 is 0 Å². The monoisotopic (exact) mass is 318 g/mol. The predicted molar refractivity (Wildman–Crippen MR) is 96.1 cm³/mol. The van der Waals surface area contributed by atoms with E-state index in [0.717, 1.165) is 26.2 Å². The van der Waals surface area contributed by atoms with Crippen LogP contribution in [-0.4, -0.2) is 60.8 Å². The summed E-state index contributed by atoms with van der Waals surface area (Å²) in [6.45, 7) is 14.9. The van der Waals surface area contributed by atoms with Crippen molar-refractivity contribution in [3.8, 4) is 0 Å². The third kappa shape index (κ3) is 4.96. The number of rotatable bonds is 9. The van der Waals surface area contributed by atoms with Crippen LogP contribution >= 0.6 is 6.34 Å². The lowest BCUT2D eigenvalue weighted by molar-refractivity contribution is 0.425. The first-order valence-electron chi connectivity index (χ1n) is 7.37. The highest BCUT2D eigenvalue weighted by Crippen LogP contribution is 2.59. The first-order valence-corrected chi connectivity index (χ1v) is 10.1. The van der Waals surface area contributed by atoms with Crippen molar-refractivity contribution in [3.05, 3.63) is 11.4 Å². The Morgan fingerprint density at radius 2 is 1.40 bits per heavy atom. The van der Waals surface area contributed by atoms with Crippen LogP contribution in [0.1, 0.15) is 34.6 Å². The van der Waals surface area contributed by atoms with Crippen LogP contribution in [0.15, 0.2) is 16.5 Å². The lowest BCUT2D eigenvalue weighted by atomic mass is 10.5. The minimum Gasteiger partial charge on any atom is -0.303 e. The molecule has 0 aliphatic rings. The summed E-state index contributed by atoms with van der Waals surface area (Å²) in [5.74, 6) is 0. The normalized spacial score (nSPS) is 13.8. The Balaban J connectivity index is 5.58. The Hall–Kier alpha value is -0.220. The predicted octanol–water partition coefficient (Wildman–Crippen LogP) is 3.43. The van der Waals surface area contributed by atoms with Gasteiger partial charge in [0.05, 0.1) is 0 Å². The molecular formula is C14H31N4PS. The van der Waals surface area contributed by atoms with E-state index in [1.807, 2.05) is 20.3 Å². The summed E-state index contributed by atoms with van der Waals surface area (Å²) in [6.07, 6.45) is 2.09. The summed E-state index contributed by atoms with van der Waals surface area (Å²) in [5, 5.41) is 7.32. The highest BCUT2D eigenvalue weighted by Gasteiger charge is 2.30. The molecule has 0 rings (SSSR count). The van der Waals surface area contributed by atoms with Gasteiger partial charge in [-0.25, -0.2) is 0 Å². The molecule has 118 valence electrons. The van der Waals surface area contributed by atoms with E-state index < -0.39 is 6.34 Å². The first-order chi connectivity index (χ1) is 9.38. The van der Waals surface area contributed by atoms with E-state index in [1.165, 1.54) is 5.31 Å². The van der Waals surface area contributed by atoms with Crippen LogP contribution in [0.25, 0.3) is 0 Å². The second-order valence-electron chi connectivity index (χ2n) is 4.74. The molecule has 0 spiro atoms. The van der Waals surface area contributed by atoms with Gasteiger partial charge in [0.1, 0.15) is 6.34 Å². The fourth-order valence-corrected chi connectivity index (χ4v) is 6.82. The van der Waals surface area contributed by atoms with Gasteiger partial charge in [0.2, 0.25) is 0 Å². The molecule has 0 saturated carbocycles. The number of hydrazone groups is 1. The lowest BCUT2D eigenvalue weighted by Crippen LogP contribution is -2.32. The molecule has 0 radical (unpaired) electrons. The second kappa shape index (κ2) is 9.67. The highest BCUT2D eigenvalue weighted by atomic mass is 32.4. The quantitative estimate of drug-likeness (QED) is 0.369. The Bertz CT molecular complexity index is 355. The van der Waals surface area contributed by atoms with Gasteiger partial charge in [-0.15, -0.1) is 0 Å². The Kier molecular flexibility index (Phi) is 9.56. The molecule has 0 aromatic rings. The molecule has 0 heterocycles. The van der Waals surface area contributed by atoms with Gasteiger partial charge in [-0.3, -0.25) is 9.34 Å². The zero-order valence-corrected chi connectivity index (χ0v) is 15.8. The Labute approximate surface area is 130 Å². The number of nitrogens with zero attached hydrogens (tertiary/aromatic N) is 4. The van der Waals surface area contributed by atoms with E-state index in [9.17, 15) is 0 Å². The van der Waals surface area contributed by atoms with Gasteiger partial charge in [-0.1, -0.05) is 39.5 Å². The summed E-state index contributed by atoms with van der Waals surface area (Å²) in [7, 11) is 3.84. The van der Waals surface area contributed by atoms with Crippen LogP contribution in [0.2, 0.25) is 0 Å². The summed E-state index contributed by atoms with van der Waals surface area (Å²) in [4.78, 5) is 0. The maximum Gasteiger partial charge on any atom is 0.102 e. The van der Waals surface area contributed by atoms with E-state index in [-0.39, 0.29) is 0 Å². The third-order valence-electron chi connectivity index (χ3n) is 3.30. The van der Waals surface area contributed by atoms with Crippen LogP contribution in [0.3, 0.4) is 0 Å². The molecule has 0 amide bonds. The largest absolute Gasteiger partial charge is 0.303 e. The van der Waals surface area contributed by atoms with E-state index in [2.05, 4.69) is 55.1 Å². The molecule has 0 saturated heterocycles. The van der Waals surface area contributed by atoms with Crippen molar-refractivity contribution in [2.24, 2.45) is 5.10 Å². The second-order valence-corrected chi connectivity index (χ2v) is 9.19. The summed E-state index contributed by atoms with van der Waals surface area (Å²) >= 11 is 6.16. The third-order valence-corrected chi connectivity index (χ3v) is 9.28. The Morgan fingerprint density at radius 1 is 1.00 bits per heavy atom. The minimum atomic E-state index is -1.84. The lowest BCUT2D eigenvalue weighted by Gasteiger charge is -2.42. The van der Waals surface area contributed by atoms with Crippen molar-refractivity contribution in [2.75, 3.05) is 40.3 Å². The van der Waals surface area contributed by atoms with E-state index in [4.69, 9.17) is 11.8 Å². The molecular weight excluding hydrogens is 287 g/mol. The van der Waals surface area contributed by atoms with Gasteiger partial charge in [0, 0.05) is 46.5 Å². The maximum absolute atomic E-state index is 6.16. The van der Waals surface area contributed by atoms with Crippen molar-refractivity contribution in [2.45, 2.75) is 34.6 Å². The number of hydrogen-bond donors (Lipinski definition) is 0. The molecule has 0 atom stereocenters. The molecule has 20 heavy (non-hydrogen) atoms. The summed E-state index contributed by atoms with van der Waals surface area (Å²) in [6, 6.07) is 0. The van der Waals surface area contributed by atoms with E-state index >= 15 is 0 Å². The molecule has 4 nitrogen and oxygen atoms in total. The van der Waals surface area contributed by atoms with Crippen molar-refractivity contribution < 1.29 is 0 Å². The molecule has 0 unspecified atom stereocenters. The van der Waals surface area contributed by atoms with Crippen molar-refractivity contribution >= 4 is 24.4 Å². The van der Waals surface area contributed by atoms with Crippen molar-refractivity contribution in [1.82, 2.24) is 14.3 Å². The van der Waals surface area contributed by atoms with Gasteiger partial charge in [0.25, 0.3) is 0 Å². The number of allylic oxidation sites excluding steroid dienone is 2. The Morgan fingerprint density at radius 3 is 1.70 bits per heavy atom. The van der Waals surface area contributed by atoms with E-state index in [1.54, 1.807) is 5.01 Å². The fraction of sp³-hybridized carbons (Fsp3) is 0.786. The zero-order valence-electron chi connectivity index (χ0n) is 14.1. The van der Waals surface area contributed by atoms with Crippen molar-refractivity contribution in [3.63, 3.8) is 0 Å². The van der Waals surface area contributed by atoms with Crippen LogP contribution in [0, 0.1) is 0 Å². The summed E-state index contributed by atoms with van der Waals surface area (Å²) < 4.78 is 4.87. The molecule has 0 aromatic heterocycles. The van der Waals surface area contributed by atoms with Crippen LogP contribution in [0.5, 0.6) is 0 Å². The molecule has 0 bridgehead atoms. The highest BCUT2D eigenvalue weighted by molar-refractivity contribution is 8.14. The molecule has 0 aliphatic heterocycles. The van der Waals surface area contributed by atoms with Crippen molar-refractivity contribution in [1.29, 1.82) is 0 Å². The molecule has 0 fully saturated rings. The van der Waals surface area contributed by atoms with Gasteiger partial charge in [-0.05, 0) is 18.3 Å².